The average molecular weight is 395 g/mol. The van der Waals surface area contributed by atoms with E-state index in [2.05, 4.69) is 15.5 Å². The van der Waals surface area contributed by atoms with E-state index in [1.54, 1.807) is 12.0 Å². The second-order valence-corrected chi connectivity index (χ2v) is 8.40. The zero-order valence-corrected chi connectivity index (χ0v) is 16.3. The van der Waals surface area contributed by atoms with Crippen molar-refractivity contribution < 1.29 is 19.1 Å². The summed E-state index contributed by atoms with van der Waals surface area (Å²) in [7, 11) is 1.59. The Bertz CT molecular complexity index is 700. The Hall–Kier alpha value is -1.62. The third kappa shape index (κ3) is 3.84. The fourth-order valence-electron chi connectivity index (χ4n) is 4.07. The maximum Gasteiger partial charge on any atom is 0.229 e. The molecule has 1 N–H and O–H groups in total. The molecule has 4 heterocycles. The molecule has 9 nitrogen and oxygen atoms in total. The highest BCUT2D eigenvalue weighted by Gasteiger charge is 2.43. The number of anilines is 1. The van der Waals surface area contributed by atoms with Gasteiger partial charge in [0.15, 0.2) is 0 Å². The summed E-state index contributed by atoms with van der Waals surface area (Å²) in [5.74, 6) is -0.351. The van der Waals surface area contributed by atoms with Crippen LogP contribution in [0.5, 0.6) is 0 Å². The summed E-state index contributed by atoms with van der Waals surface area (Å²) in [6.07, 6.45) is 2.06. The van der Waals surface area contributed by atoms with Gasteiger partial charge in [-0.25, -0.2) is 0 Å². The molecule has 0 saturated carbocycles. The molecule has 3 aliphatic rings. The Balaban J connectivity index is 1.41. The number of aromatic nitrogens is 2. The Kier molecular flexibility index (Phi) is 5.40. The molecule has 4 rings (SSSR count). The fourth-order valence-corrected chi connectivity index (χ4v) is 4.91. The molecule has 1 atom stereocenters. The lowest BCUT2D eigenvalue weighted by molar-refractivity contribution is -0.158. The number of methoxy groups -OCH3 is 1. The van der Waals surface area contributed by atoms with Crippen molar-refractivity contribution in [1.82, 2.24) is 20.4 Å². The molecule has 10 heteroatoms. The monoisotopic (exact) mass is 395 g/mol. The van der Waals surface area contributed by atoms with E-state index in [1.165, 1.54) is 11.3 Å². The molecule has 1 aromatic heterocycles. The van der Waals surface area contributed by atoms with Gasteiger partial charge in [-0.3, -0.25) is 14.5 Å². The lowest BCUT2D eigenvalue weighted by atomic mass is 9.90. The number of carbonyl (C=O) groups is 2. The molecule has 0 radical (unpaired) electrons. The van der Waals surface area contributed by atoms with Gasteiger partial charge in [-0.2, -0.15) is 0 Å². The number of carbonyl (C=O) groups excluding carboxylic acids is 2. The Morgan fingerprint density at radius 1 is 1.41 bits per heavy atom. The first-order valence-electron chi connectivity index (χ1n) is 9.35. The third-order valence-corrected chi connectivity index (χ3v) is 6.42. The first-order chi connectivity index (χ1) is 13.1. The topological polar surface area (TPSA) is 96.9 Å². The molecule has 3 aliphatic heterocycles. The van der Waals surface area contributed by atoms with Crippen molar-refractivity contribution in [1.29, 1.82) is 0 Å². The van der Waals surface area contributed by atoms with E-state index in [-0.39, 0.29) is 29.8 Å². The molecule has 0 aromatic carbocycles. The van der Waals surface area contributed by atoms with E-state index in [0.29, 0.717) is 38.0 Å². The maximum atomic E-state index is 13.1. The van der Waals surface area contributed by atoms with Crippen molar-refractivity contribution in [3.8, 4) is 0 Å². The van der Waals surface area contributed by atoms with Gasteiger partial charge in [0, 0.05) is 33.2 Å². The Labute approximate surface area is 162 Å². The molecule has 0 bridgehead atoms. The van der Waals surface area contributed by atoms with Crippen LogP contribution in [0, 0.1) is 5.92 Å². The summed E-state index contributed by atoms with van der Waals surface area (Å²) in [4.78, 5) is 29.0. The molecule has 1 unspecified atom stereocenters. The Morgan fingerprint density at radius 2 is 2.22 bits per heavy atom. The van der Waals surface area contributed by atoms with Crippen molar-refractivity contribution in [2.45, 2.75) is 31.5 Å². The minimum atomic E-state index is -0.329. The summed E-state index contributed by atoms with van der Waals surface area (Å²) in [6.45, 7) is 4.34. The molecule has 1 spiro atoms. The van der Waals surface area contributed by atoms with Crippen LogP contribution >= 0.6 is 11.3 Å². The molecular weight excluding hydrogens is 370 g/mol. The standard InChI is InChI=1S/C17H25N5O4S/c1-25-10-13-19-20-16(27-13)22-9-12(8-14(22)23)15(24)21-6-7-26-17(11-21)2-4-18-5-3-17/h12,18H,2-11H2,1H3. The van der Waals surface area contributed by atoms with Gasteiger partial charge in [-0.1, -0.05) is 11.3 Å². The number of hydrogen-bond acceptors (Lipinski definition) is 8. The van der Waals surface area contributed by atoms with Crippen molar-refractivity contribution in [2.24, 2.45) is 5.92 Å². The summed E-state index contributed by atoms with van der Waals surface area (Å²) >= 11 is 1.33. The van der Waals surface area contributed by atoms with Gasteiger partial charge in [0.2, 0.25) is 16.9 Å². The van der Waals surface area contributed by atoms with Gasteiger partial charge in [0.1, 0.15) is 11.6 Å². The van der Waals surface area contributed by atoms with Gasteiger partial charge < -0.3 is 19.7 Å². The number of amides is 2. The van der Waals surface area contributed by atoms with Crippen LogP contribution in [0.25, 0.3) is 0 Å². The second-order valence-electron chi connectivity index (χ2n) is 7.36. The first-order valence-corrected chi connectivity index (χ1v) is 10.2. The molecular formula is C17H25N5O4S. The van der Waals surface area contributed by atoms with Crippen LogP contribution in [0.2, 0.25) is 0 Å². The molecule has 0 aliphatic carbocycles. The maximum absolute atomic E-state index is 13.1. The minimum absolute atomic E-state index is 0.0497. The van der Waals surface area contributed by atoms with Gasteiger partial charge in [-0.05, 0) is 25.9 Å². The first kappa shape index (κ1) is 18.7. The zero-order valence-electron chi connectivity index (χ0n) is 15.5. The molecule has 27 heavy (non-hydrogen) atoms. The van der Waals surface area contributed by atoms with E-state index >= 15 is 0 Å². The van der Waals surface area contributed by atoms with Crippen molar-refractivity contribution in [3.05, 3.63) is 5.01 Å². The number of ether oxygens (including phenoxy) is 2. The summed E-state index contributed by atoms with van der Waals surface area (Å²) in [6, 6.07) is 0. The van der Waals surface area contributed by atoms with Crippen LogP contribution in [0.4, 0.5) is 5.13 Å². The number of nitrogens with one attached hydrogen (secondary N) is 1. The van der Waals surface area contributed by atoms with Crippen LogP contribution in [0.15, 0.2) is 0 Å². The summed E-state index contributed by atoms with van der Waals surface area (Å²) < 4.78 is 11.1. The highest BCUT2D eigenvalue weighted by molar-refractivity contribution is 7.15. The van der Waals surface area contributed by atoms with Crippen LogP contribution in [-0.4, -0.2) is 79.0 Å². The van der Waals surface area contributed by atoms with Crippen molar-refractivity contribution in [2.75, 3.05) is 51.3 Å². The van der Waals surface area contributed by atoms with Gasteiger partial charge in [-0.15, -0.1) is 10.2 Å². The molecule has 148 valence electrons. The quantitative estimate of drug-likeness (QED) is 0.768. The van der Waals surface area contributed by atoms with Gasteiger partial charge in [0.25, 0.3) is 0 Å². The number of nitrogens with zero attached hydrogens (tertiary/aromatic N) is 4. The number of piperidine rings is 1. The third-order valence-electron chi connectivity index (χ3n) is 5.50. The SMILES string of the molecule is COCc1nnc(N2CC(C(=O)N3CCOC4(CCNCC4)C3)CC2=O)s1. The predicted octanol–water partition coefficient (Wildman–Crippen LogP) is 0.0184. The minimum Gasteiger partial charge on any atom is -0.377 e. The number of hydrogen-bond donors (Lipinski definition) is 1. The lowest BCUT2D eigenvalue weighted by Crippen LogP contribution is -2.58. The second kappa shape index (κ2) is 7.78. The fraction of sp³-hybridized carbons (Fsp3) is 0.765. The van der Waals surface area contributed by atoms with Crippen LogP contribution in [0.1, 0.15) is 24.3 Å². The number of rotatable bonds is 4. The highest BCUT2D eigenvalue weighted by Crippen LogP contribution is 2.32. The molecule has 2 amide bonds. The van der Waals surface area contributed by atoms with Crippen LogP contribution < -0.4 is 10.2 Å². The van der Waals surface area contributed by atoms with E-state index < -0.39 is 0 Å². The largest absolute Gasteiger partial charge is 0.377 e. The van der Waals surface area contributed by atoms with Gasteiger partial charge >= 0.3 is 0 Å². The molecule has 3 fully saturated rings. The zero-order chi connectivity index (χ0) is 18.9. The van der Waals surface area contributed by atoms with Crippen molar-refractivity contribution in [3.63, 3.8) is 0 Å². The molecule has 3 saturated heterocycles. The van der Waals surface area contributed by atoms with Crippen LogP contribution in [-0.2, 0) is 25.7 Å². The smallest absolute Gasteiger partial charge is 0.229 e. The van der Waals surface area contributed by atoms with E-state index in [9.17, 15) is 9.59 Å². The van der Waals surface area contributed by atoms with Gasteiger partial charge in [0.05, 0.1) is 18.1 Å². The number of morpholine rings is 1. The van der Waals surface area contributed by atoms with E-state index in [0.717, 1.165) is 30.9 Å². The highest BCUT2D eigenvalue weighted by atomic mass is 32.1. The van der Waals surface area contributed by atoms with Crippen LogP contribution in [0.3, 0.4) is 0 Å². The Morgan fingerprint density at radius 3 is 3.00 bits per heavy atom. The summed E-state index contributed by atoms with van der Waals surface area (Å²) in [5.41, 5.74) is -0.226. The lowest BCUT2D eigenvalue weighted by Gasteiger charge is -2.45. The average Bonchev–Trinajstić information content (AvgIpc) is 3.28. The summed E-state index contributed by atoms with van der Waals surface area (Å²) in [5, 5.41) is 12.7. The molecule has 1 aromatic rings. The predicted molar refractivity (Wildman–Crippen MR) is 98.4 cm³/mol. The van der Waals surface area contributed by atoms with Crippen molar-refractivity contribution >= 4 is 28.3 Å². The van der Waals surface area contributed by atoms with E-state index in [1.807, 2.05) is 4.90 Å². The normalized spacial score (nSPS) is 25.4. The van der Waals surface area contributed by atoms with E-state index in [4.69, 9.17) is 9.47 Å².